The Hall–Kier alpha value is -4.26. The highest BCUT2D eigenvalue weighted by atomic mass is 16.5. The van der Waals surface area contributed by atoms with Gasteiger partial charge in [-0.3, -0.25) is 14.2 Å². The van der Waals surface area contributed by atoms with E-state index >= 15 is 0 Å². The second kappa shape index (κ2) is 9.48. The molecule has 0 aliphatic rings. The van der Waals surface area contributed by atoms with Gasteiger partial charge >= 0.3 is 5.97 Å². The molecule has 7 heteroatoms. The van der Waals surface area contributed by atoms with Crippen molar-refractivity contribution in [2.75, 3.05) is 11.9 Å². The van der Waals surface area contributed by atoms with Gasteiger partial charge in [-0.1, -0.05) is 29.8 Å². The molecule has 0 fully saturated rings. The van der Waals surface area contributed by atoms with E-state index in [1.54, 1.807) is 49.5 Å². The zero-order chi connectivity index (χ0) is 23.4. The first-order chi connectivity index (χ1) is 16.0. The van der Waals surface area contributed by atoms with Gasteiger partial charge in [-0.05, 0) is 61.9 Å². The Bertz CT molecular complexity index is 1370. The second-order valence-corrected chi connectivity index (χ2v) is 7.60. The third-order valence-corrected chi connectivity index (χ3v) is 5.21. The molecular weight excluding hydrogens is 418 g/mol. The van der Waals surface area contributed by atoms with Crippen molar-refractivity contribution >= 4 is 28.6 Å². The Kier molecular flexibility index (Phi) is 6.31. The molecule has 1 amide bonds. The number of fused-ring (bicyclic) bond motifs is 1. The third kappa shape index (κ3) is 4.82. The van der Waals surface area contributed by atoms with Crippen LogP contribution in [0, 0.1) is 6.92 Å². The molecule has 2 aromatic carbocycles. The molecule has 0 atom stereocenters. The Labute approximate surface area is 190 Å². The minimum Gasteiger partial charge on any atom is -0.462 e. The summed E-state index contributed by atoms with van der Waals surface area (Å²) in [5.74, 6) is -0.969. The minimum absolute atomic E-state index is 0.0112. The lowest BCUT2D eigenvalue weighted by Gasteiger charge is -2.13. The number of amides is 1. The van der Waals surface area contributed by atoms with Gasteiger partial charge in [0.15, 0.2) is 0 Å². The third-order valence-electron chi connectivity index (χ3n) is 5.21. The topological polar surface area (TPSA) is 90.3 Å². The van der Waals surface area contributed by atoms with E-state index in [1.807, 2.05) is 37.3 Å². The average molecular weight is 441 g/mol. The van der Waals surface area contributed by atoms with Crippen LogP contribution in [-0.4, -0.2) is 28.0 Å². The molecule has 2 aromatic heterocycles. The van der Waals surface area contributed by atoms with Crippen molar-refractivity contribution in [2.24, 2.45) is 0 Å². The number of anilines is 1. The van der Waals surface area contributed by atoms with Crippen molar-refractivity contribution in [2.45, 2.75) is 20.4 Å². The first kappa shape index (κ1) is 22.0. The fraction of sp³-hybridized carbons (Fsp3) is 0.154. The summed E-state index contributed by atoms with van der Waals surface area (Å²) in [6.07, 6.45) is 1.62. The number of esters is 1. The Morgan fingerprint density at radius 2 is 1.76 bits per heavy atom. The van der Waals surface area contributed by atoms with Gasteiger partial charge < -0.3 is 10.1 Å². The zero-order valence-corrected chi connectivity index (χ0v) is 18.4. The molecule has 0 saturated carbocycles. The monoisotopic (exact) mass is 441 g/mol. The van der Waals surface area contributed by atoms with Crippen molar-refractivity contribution in [1.82, 2.24) is 9.55 Å². The maximum atomic E-state index is 13.3. The predicted octanol–water partition coefficient (Wildman–Crippen LogP) is 4.18. The average Bonchev–Trinajstić information content (AvgIpc) is 2.82. The van der Waals surface area contributed by atoms with E-state index in [4.69, 9.17) is 4.74 Å². The van der Waals surface area contributed by atoms with Gasteiger partial charge in [0.1, 0.15) is 11.2 Å². The number of nitrogens with one attached hydrogen (secondary N) is 1. The first-order valence-electron chi connectivity index (χ1n) is 10.6. The van der Waals surface area contributed by atoms with E-state index in [0.29, 0.717) is 28.8 Å². The highest BCUT2D eigenvalue weighted by Gasteiger charge is 2.17. The van der Waals surface area contributed by atoms with Crippen molar-refractivity contribution in [3.63, 3.8) is 0 Å². The van der Waals surface area contributed by atoms with Crippen LogP contribution in [-0.2, 0) is 11.3 Å². The number of rotatable bonds is 6. The lowest BCUT2D eigenvalue weighted by molar-refractivity contribution is 0.0526. The van der Waals surface area contributed by atoms with Crippen molar-refractivity contribution in [3.05, 3.63) is 106 Å². The van der Waals surface area contributed by atoms with Crippen LogP contribution in [0.2, 0.25) is 0 Å². The molecule has 0 radical (unpaired) electrons. The lowest BCUT2D eigenvalue weighted by Crippen LogP contribution is -2.30. The van der Waals surface area contributed by atoms with Gasteiger partial charge in [0.05, 0.1) is 18.7 Å². The molecule has 166 valence electrons. The molecule has 4 aromatic rings. The summed E-state index contributed by atoms with van der Waals surface area (Å²) >= 11 is 0. The smallest absolute Gasteiger partial charge is 0.338 e. The van der Waals surface area contributed by atoms with Crippen molar-refractivity contribution in [3.8, 4) is 0 Å². The number of carbonyl (C=O) groups excluding carboxylic acids is 2. The normalized spacial score (nSPS) is 10.7. The van der Waals surface area contributed by atoms with Crippen LogP contribution in [0.3, 0.4) is 0 Å². The molecule has 0 saturated heterocycles. The molecule has 0 aliphatic carbocycles. The van der Waals surface area contributed by atoms with Crippen LogP contribution in [0.1, 0.15) is 38.8 Å². The van der Waals surface area contributed by atoms with E-state index in [2.05, 4.69) is 10.3 Å². The van der Waals surface area contributed by atoms with E-state index in [9.17, 15) is 14.4 Å². The molecule has 33 heavy (non-hydrogen) atoms. The SMILES string of the molecule is CCOC(=O)c1ccc(NC(=O)c2cc3cccnc3n(Cc3ccc(C)cc3)c2=O)cc1. The van der Waals surface area contributed by atoms with Gasteiger partial charge in [-0.2, -0.15) is 0 Å². The molecular formula is C26H23N3O4. The van der Waals surface area contributed by atoms with Crippen LogP contribution in [0.25, 0.3) is 11.0 Å². The van der Waals surface area contributed by atoms with Gasteiger partial charge in [0.2, 0.25) is 0 Å². The van der Waals surface area contributed by atoms with Gasteiger partial charge in [-0.15, -0.1) is 0 Å². The molecule has 0 unspecified atom stereocenters. The number of benzene rings is 2. The van der Waals surface area contributed by atoms with E-state index in [-0.39, 0.29) is 12.2 Å². The van der Waals surface area contributed by atoms with Gasteiger partial charge in [-0.25, -0.2) is 9.78 Å². The summed E-state index contributed by atoms with van der Waals surface area (Å²) in [4.78, 5) is 42.5. The Morgan fingerprint density at radius 3 is 2.45 bits per heavy atom. The second-order valence-electron chi connectivity index (χ2n) is 7.60. The number of aryl methyl sites for hydroxylation is 1. The van der Waals surface area contributed by atoms with Gasteiger partial charge in [0.25, 0.3) is 11.5 Å². The van der Waals surface area contributed by atoms with Crippen LogP contribution < -0.4 is 10.9 Å². The molecule has 4 rings (SSSR count). The number of carbonyl (C=O) groups is 2. The molecule has 0 aliphatic heterocycles. The highest BCUT2D eigenvalue weighted by molar-refractivity contribution is 6.05. The fourth-order valence-corrected chi connectivity index (χ4v) is 3.49. The van der Waals surface area contributed by atoms with Gasteiger partial charge in [0, 0.05) is 17.3 Å². The Balaban J connectivity index is 1.66. The fourth-order valence-electron chi connectivity index (χ4n) is 3.49. The van der Waals surface area contributed by atoms with E-state index in [1.165, 1.54) is 4.57 Å². The maximum absolute atomic E-state index is 13.3. The van der Waals surface area contributed by atoms with E-state index in [0.717, 1.165) is 11.1 Å². The predicted molar refractivity (Wildman–Crippen MR) is 127 cm³/mol. The number of hydrogen-bond acceptors (Lipinski definition) is 5. The van der Waals surface area contributed by atoms with Crippen LogP contribution in [0.5, 0.6) is 0 Å². The maximum Gasteiger partial charge on any atom is 0.338 e. The summed E-state index contributed by atoms with van der Waals surface area (Å²) in [7, 11) is 0. The molecule has 2 heterocycles. The quantitative estimate of drug-likeness (QED) is 0.453. The minimum atomic E-state index is -0.535. The largest absolute Gasteiger partial charge is 0.462 e. The Morgan fingerprint density at radius 1 is 1.03 bits per heavy atom. The number of ether oxygens (including phenoxy) is 1. The summed E-state index contributed by atoms with van der Waals surface area (Å²) in [5, 5.41) is 3.42. The molecule has 7 nitrogen and oxygen atoms in total. The zero-order valence-electron chi connectivity index (χ0n) is 18.4. The van der Waals surface area contributed by atoms with Crippen molar-refractivity contribution in [1.29, 1.82) is 0 Å². The number of aromatic nitrogens is 2. The first-order valence-corrected chi connectivity index (χ1v) is 10.6. The van der Waals surface area contributed by atoms with Crippen LogP contribution >= 0.6 is 0 Å². The summed E-state index contributed by atoms with van der Waals surface area (Å²) < 4.78 is 6.48. The van der Waals surface area contributed by atoms with Crippen LogP contribution in [0.4, 0.5) is 5.69 Å². The molecule has 0 bridgehead atoms. The number of hydrogen-bond donors (Lipinski definition) is 1. The van der Waals surface area contributed by atoms with Crippen LogP contribution in [0.15, 0.2) is 77.7 Å². The summed E-state index contributed by atoms with van der Waals surface area (Å²) in [6.45, 7) is 4.30. The molecule has 0 spiro atoms. The highest BCUT2D eigenvalue weighted by Crippen LogP contribution is 2.16. The number of nitrogens with zero attached hydrogens (tertiary/aromatic N) is 2. The van der Waals surface area contributed by atoms with Crippen molar-refractivity contribution < 1.29 is 14.3 Å². The summed E-state index contributed by atoms with van der Waals surface area (Å²) in [6, 6.07) is 19.3. The summed E-state index contributed by atoms with van der Waals surface area (Å²) in [5.41, 5.74) is 2.99. The number of pyridine rings is 2. The van der Waals surface area contributed by atoms with E-state index < -0.39 is 17.4 Å². The lowest BCUT2D eigenvalue weighted by atomic mass is 10.1. The standard InChI is InChI=1S/C26H23N3O4/c1-3-33-26(32)19-10-12-21(13-11-19)28-24(30)22-15-20-5-4-14-27-23(20)29(25(22)31)16-18-8-6-17(2)7-9-18/h4-15H,3,16H2,1-2H3,(H,28,30). The molecule has 1 N–H and O–H groups in total.